The van der Waals surface area contributed by atoms with Crippen molar-refractivity contribution in [2.24, 2.45) is 5.92 Å². The van der Waals surface area contributed by atoms with Crippen molar-refractivity contribution in [2.45, 2.75) is 24.2 Å². The average molecular weight is 338 g/mol. The maximum Gasteiger partial charge on any atom is 0.243 e. The molecule has 0 aromatic heterocycles. The molecule has 0 unspecified atom stereocenters. The fourth-order valence-electron chi connectivity index (χ4n) is 3.30. The number of halogens is 1. The van der Waals surface area contributed by atoms with Crippen LogP contribution in [-0.2, 0) is 10.0 Å². The molecule has 0 spiro atoms. The molecule has 1 aliphatic heterocycles. The first-order valence-corrected chi connectivity index (χ1v) is 9.63. The predicted molar refractivity (Wildman–Crippen MR) is 88.1 cm³/mol. The van der Waals surface area contributed by atoms with Gasteiger partial charge in [-0.3, -0.25) is 0 Å². The van der Waals surface area contributed by atoms with E-state index in [1.807, 2.05) is 0 Å². The number of hydrogen-bond donors (Lipinski definition) is 0. The highest BCUT2D eigenvalue weighted by Crippen LogP contribution is 2.22. The number of benzene rings is 1. The van der Waals surface area contributed by atoms with Crippen molar-refractivity contribution in [3.8, 4) is 0 Å². The van der Waals surface area contributed by atoms with Crippen molar-refractivity contribution < 1.29 is 12.8 Å². The number of nitrogens with zero attached hydrogens (tertiary/aromatic N) is 2. The molecule has 0 saturated carbocycles. The molecule has 0 N–H and O–H groups in total. The number of piperazine rings is 1. The van der Waals surface area contributed by atoms with Crippen LogP contribution in [0.5, 0.6) is 0 Å². The van der Waals surface area contributed by atoms with Crippen LogP contribution in [0.15, 0.2) is 41.3 Å². The smallest absolute Gasteiger partial charge is 0.243 e. The summed E-state index contributed by atoms with van der Waals surface area (Å²) in [6.45, 7) is 3.58. The first-order chi connectivity index (χ1) is 11.1. The Kier molecular flexibility index (Phi) is 5.14. The zero-order valence-corrected chi connectivity index (χ0v) is 14.0. The molecule has 126 valence electrons. The van der Waals surface area contributed by atoms with Gasteiger partial charge in [-0.05, 0) is 49.4 Å². The lowest BCUT2D eigenvalue weighted by molar-refractivity contribution is 0.161. The van der Waals surface area contributed by atoms with Crippen LogP contribution in [0.1, 0.15) is 19.3 Å². The molecule has 23 heavy (non-hydrogen) atoms. The Morgan fingerprint density at radius 2 is 1.74 bits per heavy atom. The van der Waals surface area contributed by atoms with Gasteiger partial charge in [-0.2, -0.15) is 4.31 Å². The lowest BCUT2D eigenvalue weighted by Crippen LogP contribution is -2.49. The van der Waals surface area contributed by atoms with Crippen LogP contribution in [0.2, 0.25) is 0 Å². The van der Waals surface area contributed by atoms with E-state index < -0.39 is 15.8 Å². The lowest BCUT2D eigenvalue weighted by Gasteiger charge is -2.36. The molecule has 4 nitrogen and oxygen atoms in total. The topological polar surface area (TPSA) is 40.6 Å². The van der Waals surface area contributed by atoms with E-state index in [-0.39, 0.29) is 4.90 Å². The van der Waals surface area contributed by atoms with Crippen molar-refractivity contribution in [1.29, 1.82) is 0 Å². The van der Waals surface area contributed by atoms with E-state index in [0.29, 0.717) is 19.0 Å². The summed E-state index contributed by atoms with van der Waals surface area (Å²) in [6.07, 6.45) is 8.01. The van der Waals surface area contributed by atoms with Crippen molar-refractivity contribution in [3.63, 3.8) is 0 Å². The van der Waals surface area contributed by atoms with Crippen molar-refractivity contribution in [2.75, 3.05) is 32.7 Å². The largest absolute Gasteiger partial charge is 0.300 e. The zero-order valence-electron chi connectivity index (χ0n) is 13.2. The van der Waals surface area contributed by atoms with Gasteiger partial charge in [0.2, 0.25) is 10.0 Å². The van der Waals surface area contributed by atoms with Gasteiger partial charge < -0.3 is 4.90 Å². The number of rotatable bonds is 4. The van der Waals surface area contributed by atoms with Crippen LogP contribution in [-0.4, -0.2) is 50.3 Å². The summed E-state index contributed by atoms with van der Waals surface area (Å²) in [5, 5.41) is 0. The van der Waals surface area contributed by atoms with Crippen LogP contribution in [0, 0.1) is 11.7 Å². The second-order valence-electron chi connectivity index (χ2n) is 6.31. The molecule has 1 fully saturated rings. The van der Waals surface area contributed by atoms with Gasteiger partial charge in [0, 0.05) is 32.7 Å². The molecule has 1 atom stereocenters. The van der Waals surface area contributed by atoms with E-state index in [2.05, 4.69) is 17.1 Å². The number of sulfonamides is 1. The number of allylic oxidation sites excluding steroid dienone is 2. The molecular weight excluding hydrogens is 315 g/mol. The maximum atomic E-state index is 13.0. The molecule has 1 aromatic rings. The minimum absolute atomic E-state index is 0.171. The Morgan fingerprint density at radius 1 is 1.04 bits per heavy atom. The predicted octanol–water partition coefficient (Wildman–Crippen LogP) is 2.49. The molecular formula is C17H23FN2O2S. The highest BCUT2D eigenvalue weighted by Gasteiger charge is 2.29. The van der Waals surface area contributed by atoms with Crippen LogP contribution in [0.4, 0.5) is 4.39 Å². The maximum absolute atomic E-state index is 13.0. The van der Waals surface area contributed by atoms with Crippen LogP contribution < -0.4 is 0 Å². The lowest BCUT2D eigenvalue weighted by atomic mass is 9.94. The quantitative estimate of drug-likeness (QED) is 0.792. The van der Waals surface area contributed by atoms with Crippen molar-refractivity contribution in [1.82, 2.24) is 9.21 Å². The van der Waals surface area contributed by atoms with Gasteiger partial charge in [0.1, 0.15) is 5.82 Å². The highest BCUT2D eigenvalue weighted by atomic mass is 32.2. The fourth-order valence-corrected chi connectivity index (χ4v) is 4.72. The minimum atomic E-state index is -3.51. The van der Waals surface area contributed by atoms with Crippen molar-refractivity contribution in [3.05, 3.63) is 42.2 Å². The molecule has 1 aliphatic carbocycles. The van der Waals surface area contributed by atoms with Gasteiger partial charge in [-0.15, -0.1) is 0 Å². The summed E-state index contributed by atoms with van der Waals surface area (Å²) in [7, 11) is -3.51. The molecule has 2 aliphatic rings. The molecule has 1 aromatic carbocycles. The molecule has 0 amide bonds. The summed E-state index contributed by atoms with van der Waals surface area (Å²) in [6, 6.07) is 5.07. The first-order valence-electron chi connectivity index (χ1n) is 8.19. The third-order valence-corrected chi connectivity index (χ3v) is 6.59. The molecule has 6 heteroatoms. The average Bonchev–Trinajstić information content (AvgIpc) is 2.57. The van der Waals surface area contributed by atoms with Crippen LogP contribution in [0.3, 0.4) is 0 Å². The third kappa shape index (κ3) is 4.00. The third-order valence-electron chi connectivity index (χ3n) is 4.68. The Balaban J connectivity index is 1.57. The molecule has 3 rings (SSSR count). The van der Waals surface area contributed by atoms with Crippen LogP contribution in [0.25, 0.3) is 0 Å². The van der Waals surface area contributed by atoms with E-state index in [1.54, 1.807) is 0 Å². The molecule has 1 saturated heterocycles. The van der Waals surface area contributed by atoms with E-state index in [4.69, 9.17) is 0 Å². The summed E-state index contributed by atoms with van der Waals surface area (Å²) in [5.74, 6) is 0.274. The molecule has 0 bridgehead atoms. The monoisotopic (exact) mass is 338 g/mol. The molecule has 0 radical (unpaired) electrons. The van der Waals surface area contributed by atoms with Gasteiger partial charge in [0.05, 0.1) is 4.90 Å². The van der Waals surface area contributed by atoms with E-state index >= 15 is 0 Å². The Hall–Kier alpha value is -1.24. The second-order valence-corrected chi connectivity index (χ2v) is 8.25. The zero-order chi connectivity index (χ0) is 16.3. The second kappa shape index (κ2) is 7.11. The van der Waals surface area contributed by atoms with Gasteiger partial charge in [-0.25, -0.2) is 12.8 Å². The normalized spacial score (nSPS) is 24.0. The summed E-state index contributed by atoms with van der Waals surface area (Å²) >= 11 is 0. The van der Waals surface area contributed by atoms with E-state index in [1.165, 1.54) is 35.0 Å². The standard InChI is InChI=1S/C17H23FN2O2S/c18-16-6-8-17(9-7-16)23(21,22)20-12-10-19(11-13-20)14-15-4-2-1-3-5-15/h1-2,6-9,15H,3-5,10-14H2/t15-/m1/s1. The van der Waals surface area contributed by atoms with Gasteiger partial charge in [-0.1, -0.05) is 12.2 Å². The Labute approximate surface area is 137 Å². The Bertz CT molecular complexity index is 650. The van der Waals surface area contributed by atoms with Gasteiger partial charge >= 0.3 is 0 Å². The Morgan fingerprint density at radius 3 is 2.35 bits per heavy atom. The summed E-state index contributed by atoms with van der Waals surface area (Å²) < 4.78 is 39.6. The van der Waals surface area contributed by atoms with Crippen LogP contribution >= 0.6 is 0 Å². The van der Waals surface area contributed by atoms with E-state index in [0.717, 1.165) is 32.5 Å². The minimum Gasteiger partial charge on any atom is -0.300 e. The van der Waals surface area contributed by atoms with E-state index in [9.17, 15) is 12.8 Å². The van der Waals surface area contributed by atoms with Crippen molar-refractivity contribution >= 4 is 10.0 Å². The highest BCUT2D eigenvalue weighted by molar-refractivity contribution is 7.89. The van der Waals surface area contributed by atoms with Gasteiger partial charge in [0.25, 0.3) is 0 Å². The summed E-state index contributed by atoms with van der Waals surface area (Å²) in [4.78, 5) is 2.53. The fraction of sp³-hybridized carbons (Fsp3) is 0.529. The number of hydrogen-bond acceptors (Lipinski definition) is 3. The summed E-state index contributed by atoms with van der Waals surface area (Å²) in [5.41, 5.74) is 0. The first kappa shape index (κ1) is 16.6. The van der Waals surface area contributed by atoms with Gasteiger partial charge in [0.15, 0.2) is 0 Å². The molecule has 1 heterocycles. The SMILES string of the molecule is O=S(=O)(c1ccc(F)cc1)N1CCN(C[C@@H]2CC=CCC2)CC1.